The molecule has 1 saturated carbocycles. The highest BCUT2D eigenvalue weighted by molar-refractivity contribution is 7.99. The summed E-state index contributed by atoms with van der Waals surface area (Å²) in [4.78, 5) is 25.9. The van der Waals surface area contributed by atoms with Crippen LogP contribution in [0.25, 0.3) is 0 Å². The molecular formula is C26H48N2O4S. The van der Waals surface area contributed by atoms with Gasteiger partial charge in [-0.25, -0.2) is 0 Å². The number of aliphatic hydroxyl groups is 1. The van der Waals surface area contributed by atoms with Gasteiger partial charge in [-0.15, -0.1) is 0 Å². The fraction of sp³-hybridized carbons (Fsp3) is 0.923. The summed E-state index contributed by atoms with van der Waals surface area (Å²) in [5.41, 5.74) is -0.00593. The van der Waals surface area contributed by atoms with Gasteiger partial charge in [-0.05, 0) is 50.7 Å². The minimum Gasteiger partial charge on any atom is -0.481 e. The smallest absolute Gasteiger partial charge is 0.303 e. The molecule has 0 radical (unpaired) electrons. The Morgan fingerprint density at radius 2 is 1.82 bits per heavy atom. The van der Waals surface area contributed by atoms with E-state index >= 15 is 0 Å². The molecule has 0 aromatic carbocycles. The van der Waals surface area contributed by atoms with Gasteiger partial charge in [-0.2, -0.15) is 11.8 Å². The Kier molecular flexibility index (Phi) is 13.3. The van der Waals surface area contributed by atoms with Crippen LogP contribution in [0.3, 0.4) is 0 Å². The molecule has 7 heteroatoms. The van der Waals surface area contributed by atoms with Crippen LogP contribution >= 0.6 is 11.8 Å². The van der Waals surface area contributed by atoms with Crippen LogP contribution in [0.2, 0.25) is 0 Å². The second-order valence-corrected chi connectivity index (χ2v) is 11.6. The number of carboxylic acids is 1. The van der Waals surface area contributed by atoms with Gasteiger partial charge in [0.15, 0.2) is 0 Å². The standard InChI is InChI=1S/C26H48N2O4S/c1-3-5-7-10-21(29)13-15-26-19-23(33-17-9-12-25(31)32)18-24(26)27-20-28(26)16-14-22(30)11-8-6-4-2/h22-24,27,30H,3-20H2,1-2H3,(H,31,32). The number of carbonyl (C=O) groups is 2. The molecule has 6 nitrogen and oxygen atoms in total. The molecule has 1 aliphatic heterocycles. The average Bonchev–Trinajstić information content (AvgIpc) is 3.29. The zero-order valence-electron chi connectivity index (χ0n) is 21.0. The summed E-state index contributed by atoms with van der Waals surface area (Å²) in [6, 6.07) is 0.384. The summed E-state index contributed by atoms with van der Waals surface area (Å²) in [6.45, 7) is 6.06. The number of hydrogen-bond acceptors (Lipinski definition) is 6. The Labute approximate surface area is 205 Å². The van der Waals surface area contributed by atoms with E-state index in [-0.39, 0.29) is 18.1 Å². The van der Waals surface area contributed by atoms with Crippen molar-refractivity contribution in [3.05, 3.63) is 0 Å². The van der Waals surface area contributed by atoms with E-state index in [4.69, 9.17) is 5.11 Å². The van der Waals surface area contributed by atoms with Crippen LogP contribution in [0.5, 0.6) is 0 Å². The maximum atomic E-state index is 12.6. The topological polar surface area (TPSA) is 89.9 Å². The van der Waals surface area contributed by atoms with Crippen molar-refractivity contribution in [3.63, 3.8) is 0 Å². The normalized spacial score (nSPS) is 25.9. The Hall–Kier alpha value is -0.630. The molecule has 3 N–H and O–H groups in total. The zero-order chi connectivity index (χ0) is 24.1. The molecule has 2 aliphatic rings. The van der Waals surface area contributed by atoms with Crippen molar-refractivity contribution >= 4 is 23.5 Å². The van der Waals surface area contributed by atoms with Crippen molar-refractivity contribution in [3.8, 4) is 0 Å². The molecular weight excluding hydrogens is 436 g/mol. The Bertz CT molecular complexity index is 591. The van der Waals surface area contributed by atoms with Crippen molar-refractivity contribution in [1.29, 1.82) is 0 Å². The second-order valence-electron chi connectivity index (χ2n) is 10.1. The molecule has 33 heavy (non-hydrogen) atoms. The van der Waals surface area contributed by atoms with Crippen LogP contribution in [0, 0.1) is 0 Å². The first-order valence-corrected chi connectivity index (χ1v) is 14.5. The van der Waals surface area contributed by atoms with Gasteiger partial charge in [-0.3, -0.25) is 19.8 Å². The Morgan fingerprint density at radius 3 is 2.55 bits per heavy atom. The van der Waals surface area contributed by atoms with Crippen LogP contribution in [-0.2, 0) is 9.59 Å². The number of carbonyl (C=O) groups excluding carboxylic acids is 1. The number of carboxylic acid groups (broad SMARTS) is 1. The predicted octanol–water partition coefficient (Wildman–Crippen LogP) is 4.98. The Balaban J connectivity index is 1.94. The number of aliphatic hydroxyl groups excluding tert-OH is 1. The zero-order valence-corrected chi connectivity index (χ0v) is 21.8. The molecule has 0 amide bonds. The highest BCUT2D eigenvalue weighted by atomic mass is 32.2. The molecule has 1 heterocycles. The van der Waals surface area contributed by atoms with Gasteiger partial charge in [0.25, 0.3) is 0 Å². The van der Waals surface area contributed by atoms with Gasteiger partial charge >= 0.3 is 5.97 Å². The van der Waals surface area contributed by atoms with Gasteiger partial charge in [-0.1, -0.05) is 46.0 Å². The van der Waals surface area contributed by atoms with E-state index in [1.54, 1.807) is 0 Å². The summed E-state index contributed by atoms with van der Waals surface area (Å²) in [5, 5.41) is 23.6. The van der Waals surface area contributed by atoms with E-state index in [1.165, 1.54) is 12.8 Å². The van der Waals surface area contributed by atoms with E-state index < -0.39 is 5.97 Å². The lowest BCUT2D eigenvalue weighted by molar-refractivity contribution is -0.137. The van der Waals surface area contributed by atoms with Crippen molar-refractivity contribution in [2.24, 2.45) is 0 Å². The molecule has 192 valence electrons. The number of ketones is 1. The maximum Gasteiger partial charge on any atom is 0.303 e. The molecule has 0 aromatic heterocycles. The number of nitrogens with zero attached hydrogens (tertiary/aromatic N) is 1. The van der Waals surface area contributed by atoms with Crippen LogP contribution in [0.4, 0.5) is 0 Å². The average molecular weight is 485 g/mol. The largest absolute Gasteiger partial charge is 0.481 e. The SMILES string of the molecule is CCCCCC(=O)CCC12CC(SCCCC(=O)O)CC1NCN2CCC(O)CCCCC. The quantitative estimate of drug-likeness (QED) is 0.223. The van der Waals surface area contributed by atoms with Crippen molar-refractivity contribution in [2.45, 2.75) is 133 Å². The van der Waals surface area contributed by atoms with Crippen LogP contribution in [0.15, 0.2) is 0 Å². The van der Waals surface area contributed by atoms with Crippen molar-refractivity contribution in [1.82, 2.24) is 10.2 Å². The molecule has 4 atom stereocenters. The lowest BCUT2D eigenvalue weighted by Crippen LogP contribution is -2.49. The molecule has 2 rings (SSSR count). The number of rotatable bonds is 19. The minimum absolute atomic E-state index is 0.00593. The first-order valence-electron chi connectivity index (χ1n) is 13.4. The third-order valence-corrected chi connectivity index (χ3v) is 8.90. The van der Waals surface area contributed by atoms with E-state index in [0.29, 0.717) is 36.3 Å². The summed E-state index contributed by atoms with van der Waals surface area (Å²) in [6.07, 6.45) is 13.4. The minimum atomic E-state index is -0.720. The van der Waals surface area contributed by atoms with Gasteiger partial charge in [0.1, 0.15) is 5.78 Å². The van der Waals surface area contributed by atoms with Gasteiger partial charge < -0.3 is 10.2 Å². The number of thioether (sulfide) groups is 1. The van der Waals surface area contributed by atoms with Gasteiger partial charge in [0.2, 0.25) is 0 Å². The number of fused-ring (bicyclic) bond motifs is 1. The highest BCUT2D eigenvalue weighted by Gasteiger charge is 2.54. The fourth-order valence-corrected chi connectivity index (χ4v) is 6.95. The molecule has 4 unspecified atom stereocenters. The fourth-order valence-electron chi connectivity index (χ4n) is 5.57. The highest BCUT2D eigenvalue weighted by Crippen LogP contribution is 2.46. The van der Waals surface area contributed by atoms with Crippen LogP contribution in [0.1, 0.15) is 110 Å². The molecule has 1 saturated heterocycles. The monoisotopic (exact) mass is 484 g/mol. The third-order valence-electron chi connectivity index (χ3n) is 7.54. The van der Waals surface area contributed by atoms with Crippen molar-refractivity contribution < 1.29 is 19.8 Å². The maximum absolute atomic E-state index is 12.6. The summed E-state index contributed by atoms with van der Waals surface area (Å²) >= 11 is 1.91. The van der Waals surface area contributed by atoms with Crippen LogP contribution in [-0.4, -0.2) is 68.8 Å². The molecule has 1 aliphatic carbocycles. The number of nitrogens with one attached hydrogen (secondary N) is 1. The van der Waals surface area contributed by atoms with E-state index in [0.717, 1.165) is 76.8 Å². The second kappa shape index (κ2) is 15.4. The van der Waals surface area contributed by atoms with Crippen LogP contribution < -0.4 is 5.32 Å². The number of aliphatic carboxylic acids is 1. The third kappa shape index (κ3) is 9.50. The number of hydrogen-bond donors (Lipinski definition) is 3. The predicted molar refractivity (Wildman–Crippen MR) is 137 cm³/mol. The molecule has 0 aromatic rings. The van der Waals surface area contributed by atoms with E-state index in [9.17, 15) is 14.7 Å². The number of unbranched alkanes of at least 4 members (excludes halogenated alkanes) is 4. The summed E-state index contributed by atoms with van der Waals surface area (Å²) < 4.78 is 0. The molecule has 0 spiro atoms. The summed E-state index contributed by atoms with van der Waals surface area (Å²) in [5.74, 6) is 0.550. The molecule has 0 bridgehead atoms. The Morgan fingerprint density at radius 1 is 1.06 bits per heavy atom. The lowest BCUT2D eigenvalue weighted by atomic mass is 9.86. The molecule has 2 fully saturated rings. The first kappa shape index (κ1) is 28.6. The van der Waals surface area contributed by atoms with E-state index in [1.807, 2.05) is 11.8 Å². The first-order chi connectivity index (χ1) is 15.9. The van der Waals surface area contributed by atoms with E-state index in [2.05, 4.69) is 24.1 Å². The summed E-state index contributed by atoms with van der Waals surface area (Å²) in [7, 11) is 0. The van der Waals surface area contributed by atoms with Gasteiger partial charge in [0.05, 0.1) is 6.10 Å². The lowest BCUT2D eigenvalue weighted by Gasteiger charge is -2.38. The van der Waals surface area contributed by atoms with Gasteiger partial charge in [0, 0.05) is 49.3 Å². The number of Topliss-reactive ketones (excluding diaryl/α,β-unsaturated/α-hetero) is 1. The van der Waals surface area contributed by atoms with Crippen molar-refractivity contribution in [2.75, 3.05) is 19.0 Å².